The average molecular weight is 432 g/mol. The number of hydrogen-bond donors (Lipinski definition) is 1. The van der Waals surface area contributed by atoms with Gasteiger partial charge in [-0.15, -0.1) is 0 Å². The topological polar surface area (TPSA) is 58.8 Å². The Morgan fingerprint density at radius 1 is 1.30 bits per heavy atom. The zero-order valence-corrected chi connectivity index (χ0v) is 18.0. The lowest BCUT2D eigenvalue weighted by Crippen LogP contribution is -2.53. The fraction of sp³-hybridized carbons (Fsp3) is 0.348. The van der Waals surface area contributed by atoms with Gasteiger partial charge in [-0.2, -0.15) is 0 Å². The van der Waals surface area contributed by atoms with E-state index in [0.717, 1.165) is 25.2 Å². The molecule has 1 fully saturated rings. The van der Waals surface area contributed by atoms with Gasteiger partial charge in [0, 0.05) is 49.5 Å². The lowest BCUT2D eigenvalue weighted by molar-refractivity contribution is -0.130. The van der Waals surface area contributed by atoms with E-state index in [4.69, 9.17) is 22.1 Å². The number of rotatable bonds is 6. The van der Waals surface area contributed by atoms with Crippen molar-refractivity contribution in [2.24, 2.45) is 0 Å². The van der Waals surface area contributed by atoms with Gasteiger partial charge in [0.05, 0.1) is 11.6 Å². The Bertz CT molecular complexity index is 917. The molecular formula is C23H27ClFN3O2. The number of anilines is 1. The quantitative estimate of drug-likeness (QED) is 0.550. The second kappa shape index (κ2) is 9.96. The van der Waals surface area contributed by atoms with Crippen molar-refractivity contribution >= 4 is 29.3 Å². The van der Waals surface area contributed by atoms with Crippen molar-refractivity contribution in [2.45, 2.75) is 26.4 Å². The lowest BCUT2D eigenvalue weighted by Gasteiger charge is -2.39. The molecule has 1 aliphatic rings. The van der Waals surface area contributed by atoms with Crippen LogP contribution in [0.5, 0.6) is 5.75 Å². The third-order valence-electron chi connectivity index (χ3n) is 5.16. The van der Waals surface area contributed by atoms with Crippen molar-refractivity contribution in [1.82, 2.24) is 9.80 Å². The molecule has 1 amide bonds. The highest BCUT2D eigenvalue weighted by atomic mass is 35.5. The van der Waals surface area contributed by atoms with Crippen LogP contribution in [-0.2, 0) is 11.3 Å². The second-order valence-corrected chi connectivity index (χ2v) is 7.83. The summed E-state index contributed by atoms with van der Waals surface area (Å²) < 4.78 is 18.6. The van der Waals surface area contributed by atoms with E-state index in [1.165, 1.54) is 12.1 Å². The van der Waals surface area contributed by atoms with Gasteiger partial charge < -0.3 is 15.4 Å². The summed E-state index contributed by atoms with van der Waals surface area (Å²) in [7, 11) is 0. The van der Waals surface area contributed by atoms with Gasteiger partial charge >= 0.3 is 0 Å². The van der Waals surface area contributed by atoms with E-state index in [1.54, 1.807) is 36.4 Å². The van der Waals surface area contributed by atoms with Gasteiger partial charge in [0.2, 0.25) is 5.91 Å². The maximum atomic E-state index is 13.1. The zero-order valence-electron chi connectivity index (χ0n) is 17.3. The van der Waals surface area contributed by atoms with E-state index in [-0.39, 0.29) is 17.8 Å². The maximum Gasteiger partial charge on any atom is 0.246 e. The molecule has 2 aromatic carbocycles. The molecule has 0 radical (unpaired) electrons. The molecule has 0 saturated carbocycles. The lowest BCUT2D eigenvalue weighted by atomic mass is 10.1. The van der Waals surface area contributed by atoms with Crippen molar-refractivity contribution in [1.29, 1.82) is 0 Å². The van der Waals surface area contributed by atoms with Crippen LogP contribution < -0.4 is 10.5 Å². The van der Waals surface area contributed by atoms with Gasteiger partial charge in [-0.3, -0.25) is 9.69 Å². The molecule has 1 atom stereocenters. The summed E-state index contributed by atoms with van der Waals surface area (Å²) >= 11 is 6.14. The molecule has 1 heterocycles. The molecule has 2 aromatic rings. The summed E-state index contributed by atoms with van der Waals surface area (Å²) in [6, 6.07) is 9.99. The molecule has 30 heavy (non-hydrogen) atoms. The average Bonchev–Trinajstić information content (AvgIpc) is 2.71. The van der Waals surface area contributed by atoms with Crippen LogP contribution in [0.1, 0.15) is 25.0 Å². The highest BCUT2D eigenvalue weighted by Crippen LogP contribution is 2.30. The number of ether oxygens (including phenoxy) is 1. The third-order valence-corrected chi connectivity index (χ3v) is 5.45. The van der Waals surface area contributed by atoms with Crippen molar-refractivity contribution in [2.75, 3.05) is 32.0 Å². The van der Waals surface area contributed by atoms with Crippen LogP contribution in [0.15, 0.2) is 42.5 Å². The fourth-order valence-corrected chi connectivity index (χ4v) is 3.83. The van der Waals surface area contributed by atoms with Crippen LogP contribution in [-0.4, -0.2) is 48.0 Å². The standard InChI is InChI=1S/C23H27ClFN3O2/c1-3-30-22-12-18(21(26)13-20(22)24)6-9-23(29)28-11-10-27(14-16(28)2)15-17-4-7-19(25)8-5-17/h4-9,12-13,16H,3,10-11,14-15,26H2,1-2H3/t16-/m1/s1. The second-order valence-electron chi connectivity index (χ2n) is 7.42. The van der Waals surface area contributed by atoms with Crippen LogP contribution in [0.4, 0.5) is 10.1 Å². The van der Waals surface area contributed by atoms with Gasteiger partial charge in [0.1, 0.15) is 11.6 Å². The number of piperazine rings is 1. The Kier molecular flexibility index (Phi) is 7.34. The molecule has 2 N–H and O–H groups in total. The first-order chi connectivity index (χ1) is 14.4. The monoisotopic (exact) mass is 431 g/mol. The maximum absolute atomic E-state index is 13.1. The zero-order chi connectivity index (χ0) is 21.7. The van der Waals surface area contributed by atoms with Crippen molar-refractivity contribution in [3.8, 4) is 5.75 Å². The van der Waals surface area contributed by atoms with E-state index >= 15 is 0 Å². The summed E-state index contributed by atoms with van der Waals surface area (Å²) in [6.07, 6.45) is 3.25. The van der Waals surface area contributed by atoms with E-state index < -0.39 is 0 Å². The predicted octanol–water partition coefficient (Wildman–Crippen LogP) is 4.21. The van der Waals surface area contributed by atoms with Gasteiger partial charge in [0.25, 0.3) is 0 Å². The number of nitrogens with zero attached hydrogens (tertiary/aromatic N) is 2. The molecule has 0 aromatic heterocycles. The fourth-order valence-electron chi connectivity index (χ4n) is 3.60. The Labute approximate surface area is 181 Å². The molecule has 1 aliphatic heterocycles. The SMILES string of the molecule is CCOc1cc(C=CC(=O)N2CCN(Cc3ccc(F)cc3)C[C@H]2C)c(N)cc1Cl. The minimum Gasteiger partial charge on any atom is -0.492 e. The molecule has 7 heteroatoms. The molecule has 0 spiro atoms. The van der Waals surface area contributed by atoms with Crippen LogP contribution >= 0.6 is 11.6 Å². The van der Waals surface area contributed by atoms with Gasteiger partial charge in [-0.25, -0.2) is 4.39 Å². The molecule has 160 valence electrons. The minimum absolute atomic E-state index is 0.0590. The molecule has 5 nitrogen and oxygen atoms in total. The number of carbonyl (C=O) groups excluding carboxylic acids is 1. The largest absolute Gasteiger partial charge is 0.492 e. The van der Waals surface area contributed by atoms with Crippen LogP contribution in [0.3, 0.4) is 0 Å². The van der Waals surface area contributed by atoms with Crippen LogP contribution in [0.25, 0.3) is 6.08 Å². The van der Waals surface area contributed by atoms with E-state index in [2.05, 4.69) is 4.90 Å². The Morgan fingerprint density at radius 3 is 2.70 bits per heavy atom. The van der Waals surface area contributed by atoms with Gasteiger partial charge in [-0.05, 0) is 49.8 Å². The van der Waals surface area contributed by atoms with Gasteiger partial charge in [0.15, 0.2) is 0 Å². The third kappa shape index (κ3) is 5.52. The summed E-state index contributed by atoms with van der Waals surface area (Å²) in [5, 5.41) is 0.448. The van der Waals surface area contributed by atoms with E-state index in [0.29, 0.717) is 35.2 Å². The smallest absolute Gasteiger partial charge is 0.246 e. The summed E-state index contributed by atoms with van der Waals surface area (Å²) in [4.78, 5) is 16.9. The Morgan fingerprint density at radius 2 is 2.03 bits per heavy atom. The Balaban J connectivity index is 1.61. The highest BCUT2D eigenvalue weighted by Gasteiger charge is 2.26. The van der Waals surface area contributed by atoms with Crippen LogP contribution in [0, 0.1) is 5.82 Å². The number of amides is 1. The normalized spacial score (nSPS) is 17.5. The highest BCUT2D eigenvalue weighted by molar-refractivity contribution is 6.32. The summed E-state index contributed by atoms with van der Waals surface area (Å²) in [5.74, 6) is 0.253. The number of halogens is 2. The van der Waals surface area contributed by atoms with Gasteiger partial charge in [-0.1, -0.05) is 23.7 Å². The summed E-state index contributed by atoms with van der Waals surface area (Å²) in [5.41, 5.74) is 8.28. The number of nitrogen functional groups attached to an aromatic ring is 1. The number of hydrogen-bond acceptors (Lipinski definition) is 4. The van der Waals surface area contributed by atoms with Crippen molar-refractivity contribution in [3.05, 3.63) is 64.4 Å². The number of carbonyl (C=O) groups is 1. The van der Waals surface area contributed by atoms with E-state index in [1.807, 2.05) is 18.7 Å². The predicted molar refractivity (Wildman–Crippen MR) is 119 cm³/mol. The van der Waals surface area contributed by atoms with Crippen molar-refractivity contribution in [3.63, 3.8) is 0 Å². The summed E-state index contributed by atoms with van der Waals surface area (Å²) in [6.45, 7) is 7.30. The molecule has 0 unspecified atom stereocenters. The first kappa shape index (κ1) is 22.1. The molecule has 0 aliphatic carbocycles. The van der Waals surface area contributed by atoms with E-state index in [9.17, 15) is 9.18 Å². The molecular weight excluding hydrogens is 405 g/mol. The van der Waals surface area contributed by atoms with Crippen molar-refractivity contribution < 1.29 is 13.9 Å². The minimum atomic E-state index is -0.232. The molecule has 3 rings (SSSR count). The number of nitrogens with two attached hydrogens (primary N) is 1. The van der Waals surface area contributed by atoms with Crippen LogP contribution in [0.2, 0.25) is 5.02 Å². The number of benzene rings is 2. The first-order valence-corrected chi connectivity index (χ1v) is 10.4. The molecule has 1 saturated heterocycles. The first-order valence-electron chi connectivity index (χ1n) is 10.0. The Hall–Kier alpha value is -2.57. The molecule has 0 bridgehead atoms.